The number of hydrogen-bond acceptors (Lipinski definition) is 4. The molecule has 2 bridgehead atoms. The summed E-state index contributed by atoms with van der Waals surface area (Å²) in [6.45, 7) is 2.37. The predicted molar refractivity (Wildman–Crippen MR) is 104 cm³/mol. The molecule has 3 saturated heterocycles. The van der Waals surface area contributed by atoms with E-state index in [9.17, 15) is 14.4 Å². The zero-order chi connectivity index (χ0) is 18.3. The second-order valence-electron chi connectivity index (χ2n) is 7.43. The van der Waals surface area contributed by atoms with E-state index in [4.69, 9.17) is 0 Å². The highest BCUT2D eigenvalue weighted by atomic mass is 35.5. The van der Waals surface area contributed by atoms with Crippen molar-refractivity contribution in [1.82, 2.24) is 15.1 Å². The van der Waals surface area contributed by atoms with Crippen LogP contribution in [0.1, 0.15) is 23.2 Å². The number of halogens is 1. The van der Waals surface area contributed by atoms with Crippen LogP contribution in [0.4, 0.5) is 5.69 Å². The topological polar surface area (TPSA) is 73.0 Å². The normalized spacial score (nSPS) is 24.9. The third kappa shape index (κ3) is 3.66. The quantitative estimate of drug-likeness (QED) is 0.805. The second-order valence-corrected chi connectivity index (χ2v) is 7.43. The van der Waals surface area contributed by atoms with Crippen molar-refractivity contribution in [2.75, 3.05) is 44.7 Å². The van der Waals surface area contributed by atoms with E-state index in [0.29, 0.717) is 17.2 Å². The summed E-state index contributed by atoms with van der Waals surface area (Å²) < 4.78 is 0. The van der Waals surface area contributed by atoms with Crippen LogP contribution >= 0.6 is 12.4 Å². The molecule has 8 heteroatoms. The number of nitrogens with one attached hydrogen (secondary N) is 1. The summed E-state index contributed by atoms with van der Waals surface area (Å²) in [5.41, 5.74) is 1.06. The maximum atomic E-state index is 12.9. The van der Waals surface area contributed by atoms with Crippen molar-refractivity contribution < 1.29 is 14.4 Å². The van der Waals surface area contributed by atoms with E-state index >= 15 is 0 Å². The van der Waals surface area contributed by atoms with Gasteiger partial charge in [0.05, 0.1) is 11.3 Å². The van der Waals surface area contributed by atoms with Gasteiger partial charge in [0.1, 0.15) is 13.1 Å². The van der Waals surface area contributed by atoms with Crippen molar-refractivity contribution in [3.63, 3.8) is 0 Å². The van der Waals surface area contributed by atoms with E-state index in [2.05, 4.69) is 5.32 Å². The molecule has 0 saturated carbocycles. The van der Waals surface area contributed by atoms with Crippen molar-refractivity contribution in [3.8, 4) is 0 Å². The van der Waals surface area contributed by atoms with E-state index in [1.165, 1.54) is 9.80 Å². The fourth-order valence-corrected chi connectivity index (χ4v) is 4.22. The van der Waals surface area contributed by atoms with Gasteiger partial charge in [-0.25, -0.2) is 0 Å². The summed E-state index contributed by atoms with van der Waals surface area (Å²) in [6, 6.07) is 7.24. The highest BCUT2D eigenvalue weighted by Gasteiger charge is 2.36. The van der Waals surface area contributed by atoms with Crippen LogP contribution in [-0.4, -0.2) is 73.3 Å². The number of para-hydroxylation sites is 1. The Morgan fingerprint density at radius 1 is 1.19 bits per heavy atom. The molecule has 7 nitrogen and oxygen atoms in total. The lowest BCUT2D eigenvalue weighted by atomic mass is 9.95. The van der Waals surface area contributed by atoms with E-state index in [1.807, 2.05) is 4.90 Å². The first-order chi connectivity index (χ1) is 12.5. The van der Waals surface area contributed by atoms with Crippen LogP contribution in [0.2, 0.25) is 0 Å². The van der Waals surface area contributed by atoms with Crippen molar-refractivity contribution in [2.45, 2.75) is 18.9 Å². The van der Waals surface area contributed by atoms with Crippen LogP contribution in [0.25, 0.3) is 0 Å². The fourth-order valence-electron chi connectivity index (χ4n) is 4.22. The molecule has 0 aliphatic carbocycles. The highest BCUT2D eigenvalue weighted by Crippen LogP contribution is 2.26. The molecule has 1 aromatic rings. The van der Waals surface area contributed by atoms with Crippen molar-refractivity contribution in [3.05, 3.63) is 29.8 Å². The zero-order valence-corrected chi connectivity index (χ0v) is 16.2. The number of anilines is 1. The van der Waals surface area contributed by atoms with E-state index in [-0.39, 0.29) is 49.3 Å². The number of hydrogen-bond donors (Lipinski definition) is 1. The van der Waals surface area contributed by atoms with E-state index in [1.54, 1.807) is 31.3 Å². The molecule has 2 atom stereocenters. The Balaban J connectivity index is 0.00000210. The van der Waals surface area contributed by atoms with Crippen LogP contribution < -0.4 is 10.2 Å². The summed E-state index contributed by atoms with van der Waals surface area (Å²) in [4.78, 5) is 43.1. The number of benzene rings is 1. The molecule has 1 N–H and O–H groups in total. The summed E-state index contributed by atoms with van der Waals surface area (Å²) in [5.74, 6) is -0.0301. The Morgan fingerprint density at radius 2 is 1.96 bits per heavy atom. The lowest BCUT2D eigenvalue weighted by Crippen LogP contribution is -2.52. The van der Waals surface area contributed by atoms with Crippen LogP contribution in [0.5, 0.6) is 0 Å². The Morgan fingerprint density at radius 3 is 2.78 bits per heavy atom. The molecule has 0 radical (unpaired) electrons. The van der Waals surface area contributed by atoms with Gasteiger partial charge in [0.15, 0.2) is 0 Å². The Bertz CT molecular complexity index is 752. The predicted octanol–water partition coefficient (Wildman–Crippen LogP) is 0.737. The van der Waals surface area contributed by atoms with Crippen molar-refractivity contribution in [2.24, 2.45) is 5.92 Å². The number of fused-ring (bicyclic) bond motifs is 5. The molecule has 5 rings (SSSR count). The molecule has 3 fully saturated rings. The van der Waals surface area contributed by atoms with Gasteiger partial charge >= 0.3 is 0 Å². The number of carbonyl (C=O) groups excluding carboxylic acids is 3. The standard InChI is InChI=1S/C19H24N4O3.ClH/c1-21-16-5-3-2-4-15(16)19(26)22(11-17(21)24)12-18(25)23-10-13-6-7-14(23)9-20-8-13;/h2-5,13-14,20H,6-12H2,1H3;1H/t13-,14+;/m1./s1. The molecule has 0 spiro atoms. The minimum Gasteiger partial charge on any atom is -0.337 e. The SMILES string of the molecule is CN1C(=O)CN(CC(=O)N2C[C@@H]3CC[C@H]2CNC3)C(=O)c2ccccc21.Cl. The van der Waals surface area contributed by atoms with Crippen molar-refractivity contribution >= 4 is 35.8 Å². The van der Waals surface area contributed by atoms with Gasteiger partial charge in [-0.2, -0.15) is 0 Å². The molecule has 4 heterocycles. The third-order valence-corrected chi connectivity index (χ3v) is 5.75. The van der Waals surface area contributed by atoms with Crippen LogP contribution in [-0.2, 0) is 9.59 Å². The van der Waals surface area contributed by atoms with Crippen molar-refractivity contribution in [1.29, 1.82) is 0 Å². The van der Waals surface area contributed by atoms with Gasteiger partial charge in [-0.15, -0.1) is 12.4 Å². The first-order valence-corrected chi connectivity index (χ1v) is 9.19. The highest BCUT2D eigenvalue weighted by molar-refractivity contribution is 6.10. The number of rotatable bonds is 2. The molecular weight excluding hydrogens is 368 g/mol. The molecule has 1 aromatic carbocycles. The fraction of sp³-hybridized carbons (Fsp3) is 0.526. The summed E-state index contributed by atoms with van der Waals surface area (Å²) in [5, 5.41) is 3.41. The van der Waals surface area contributed by atoms with Gasteiger partial charge in [-0.1, -0.05) is 12.1 Å². The zero-order valence-electron chi connectivity index (χ0n) is 15.4. The van der Waals surface area contributed by atoms with Crippen LogP contribution in [0.15, 0.2) is 24.3 Å². The number of carbonyl (C=O) groups is 3. The number of nitrogens with zero attached hydrogens (tertiary/aromatic N) is 3. The minimum absolute atomic E-state index is 0. The average Bonchev–Trinajstić information content (AvgIpc) is 3.04. The summed E-state index contributed by atoms with van der Waals surface area (Å²) in [7, 11) is 1.67. The molecular formula is C19H25ClN4O3. The van der Waals surface area contributed by atoms with Gasteiger partial charge in [0.25, 0.3) is 5.91 Å². The third-order valence-electron chi connectivity index (χ3n) is 5.75. The Labute approximate surface area is 165 Å². The van der Waals surface area contributed by atoms with Gasteiger partial charge in [0, 0.05) is 26.2 Å². The van der Waals surface area contributed by atoms with Gasteiger partial charge in [-0.3, -0.25) is 14.4 Å². The summed E-state index contributed by atoms with van der Waals surface area (Å²) in [6.07, 6.45) is 2.14. The van der Waals surface area contributed by atoms with Crippen LogP contribution in [0.3, 0.4) is 0 Å². The van der Waals surface area contributed by atoms with E-state index < -0.39 is 0 Å². The first-order valence-electron chi connectivity index (χ1n) is 9.19. The minimum atomic E-state index is -0.259. The average molecular weight is 393 g/mol. The number of piperidine rings is 1. The number of amides is 3. The lowest BCUT2D eigenvalue weighted by molar-refractivity contribution is -0.136. The van der Waals surface area contributed by atoms with Gasteiger partial charge in [-0.05, 0) is 37.4 Å². The molecule has 0 unspecified atom stereocenters. The van der Waals surface area contributed by atoms with Crippen LogP contribution in [0, 0.1) is 5.92 Å². The monoisotopic (exact) mass is 392 g/mol. The largest absolute Gasteiger partial charge is 0.337 e. The smallest absolute Gasteiger partial charge is 0.256 e. The Kier molecular flexibility index (Phi) is 5.72. The molecule has 4 aliphatic rings. The summed E-state index contributed by atoms with van der Waals surface area (Å²) >= 11 is 0. The molecule has 0 aromatic heterocycles. The van der Waals surface area contributed by atoms with Gasteiger partial charge in [0.2, 0.25) is 11.8 Å². The molecule has 27 heavy (non-hydrogen) atoms. The maximum Gasteiger partial charge on any atom is 0.256 e. The molecule has 4 aliphatic heterocycles. The number of likely N-dealkylation sites (N-methyl/N-ethyl adjacent to an activating group) is 1. The van der Waals surface area contributed by atoms with E-state index in [0.717, 1.165) is 32.5 Å². The van der Waals surface area contributed by atoms with Gasteiger partial charge < -0.3 is 20.0 Å². The molecule has 3 amide bonds. The molecule has 146 valence electrons. The lowest BCUT2D eigenvalue weighted by Gasteiger charge is -2.37. The first kappa shape index (κ1) is 19.6. The maximum absolute atomic E-state index is 12.9. The second kappa shape index (κ2) is 7.86. The Hall–Kier alpha value is -2.12.